The minimum atomic E-state index is -4.75. The number of halogens is 3. The summed E-state index contributed by atoms with van der Waals surface area (Å²) in [5.41, 5.74) is -2.88. The molecule has 2 heterocycles. The number of carbonyl (C=O) groups excluding carboxylic acids is 1. The predicted molar refractivity (Wildman–Crippen MR) is 101 cm³/mol. The molecule has 2 aromatic heterocycles. The summed E-state index contributed by atoms with van der Waals surface area (Å²) >= 11 is 0. The highest BCUT2D eigenvalue weighted by Gasteiger charge is 2.32. The number of H-pyrrole nitrogens is 2. The Morgan fingerprint density at radius 3 is 2.50 bits per heavy atom. The van der Waals surface area contributed by atoms with Crippen molar-refractivity contribution >= 4 is 16.8 Å². The molecule has 0 spiro atoms. The minimum absolute atomic E-state index is 0.0202. The van der Waals surface area contributed by atoms with Gasteiger partial charge in [-0.2, -0.15) is 13.2 Å². The average Bonchev–Trinajstić information content (AvgIpc) is 2.70. The van der Waals surface area contributed by atoms with E-state index in [9.17, 15) is 27.6 Å². The first-order chi connectivity index (χ1) is 14.2. The van der Waals surface area contributed by atoms with Crippen LogP contribution in [0.25, 0.3) is 10.9 Å². The maximum absolute atomic E-state index is 12.8. The normalized spacial score (nSPS) is 11.6. The fraction of sp³-hybridized carbons (Fsp3) is 0.263. The quantitative estimate of drug-likeness (QED) is 0.631. The number of para-hydroxylation sites is 1. The zero-order valence-corrected chi connectivity index (χ0v) is 15.7. The number of methoxy groups -OCH3 is 1. The van der Waals surface area contributed by atoms with Crippen LogP contribution in [0.1, 0.15) is 21.9 Å². The number of carbonyl (C=O) groups is 1. The van der Waals surface area contributed by atoms with Gasteiger partial charge in [-0.1, -0.05) is 12.1 Å². The van der Waals surface area contributed by atoms with Crippen LogP contribution in [0.3, 0.4) is 0 Å². The van der Waals surface area contributed by atoms with Gasteiger partial charge in [0.05, 0.1) is 24.1 Å². The van der Waals surface area contributed by atoms with Gasteiger partial charge in [0.25, 0.3) is 17.0 Å². The summed E-state index contributed by atoms with van der Waals surface area (Å²) in [6.07, 6.45) is -4.75. The Labute approximate surface area is 167 Å². The summed E-state index contributed by atoms with van der Waals surface area (Å²) in [6.45, 7) is -0.0584. The molecule has 0 saturated heterocycles. The second-order valence-corrected chi connectivity index (χ2v) is 6.36. The Balaban J connectivity index is 1.94. The number of fused-ring (bicyclic) bond motifs is 1. The number of benzene rings is 1. The van der Waals surface area contributed by atoms with Crippen molar-refractivity contribution < 1.29 is 22.7 Å². The minimum Gasteiger partial charge on any atom is -0.383 e. The van der Waals surface area contributed by atoms with Gasteiger partial charge in [-0.15, -0.1) is 0 Å². The summed E-state index contributed by atoms with van der Waals surface area (Å²) in [6, 6.07) is 8.06. The lowest BCUT2D eigenvalue weighted by Gasteiger charge is -2.22. The molecule has 0 aliphatic rings. The summed E-state index contributed by atoms with van der Waals surface area (Å²) in [7, 11) is 1.41. The zero-order chi connectivity index (χ0) is 21.9. The number of alkyl halides is 3. The van der Waals surface area contributed by atoms with Gasteiger partial charge in [0.15, 0.2) is 0 Å². The first-order valence-electron chi connectivity index (χ1n) is 8.77. The van der Waals surface area contributed by atoms with E-state index in [0.29, 0.717) is 17.0 Å². The molecule has 1 aromatic carbocycles. The number of amides is 1. The van der Waals surface area contributed by atoms with Gasteiger partial charge in [0.1, 0.15) is 17.1 Å². The molecule has 3 rings (SSSR count). The van der Waals surface area contributed by atoms with Crippen LogP contribution in [0, 0.1) is 0 Å². The fourth-order valence-electron chi connectivity index (χ4n) is 2.82. The lowest BCUT2D eigenvalue weighted by molar-refractivity contribution is -0.141. The molecule has 3 aromatic rings. The van der Waals surface area contributed by atoms with Crippen LogP contribution in [0.15, 0.2) is 46.0 Å². The van der Waals surface area contributed by atoms with Gasteiger partial charge in [-0.3, -0.25) is 14.4 Å². The van der Waals surface area contributed by atoms with E-state index in [0.717, 1.165) is 11.0 Å². The van der Waals surface area contributed by atoms with Crippen molar-refractivity contribution in [2.45, 2.75) is 12.7 Å². The third-order valence-electron chi connectivity index (χ3n) is 4.30. The van der Waals surface area contributed by atoms with E-state index in [1.54, 1.807) is 29.2 Å². The lowest BCUT2D eigenvalue weighted by atomic mass is 10.2. The topological polar surface area (TPSA) is 108 Å². The second kappa shape index (κ2) is 8.49. The van der Waals surface area contributed by atoms with E-state index >= 15 is 0 Å². The van der Waals surface area contributed by atoms with Crippen molar-refractivity contribution in [3.05, 3.63) is 74.2 Å². The van der Waals surface area contributed by atoms with Crippen molar-refractivity contribution in [2.24, 2.45) is 0 Å². The molecule has 158 valence electrons. The van der Waals surface area contributed by atoms with E-state index in [1.807, 2.05) is 0 Å². The Hall–Kier alpha value is -3.47. The Morgan fingerprint density at radius 1 is 1.10 bits per heavy atom. The molecule has 0 radical (unpaired) electrons. The molecular formula is C19H17F3N4O4. The first kappa shape index (κ1) is 21.2. The van der Waals surface area contributed by atoms with E-state index in [2.05, 4.69) is 9.97 Å². The molecule has 0 bridgehead atoms. The SMILES string of the molecule is COCCN(Cc1nc2ccccc2c(=O)[nH]1)C(=O)c1ccc(C(F)(F)F)[nH]c1=O. The highest BCUT2D eigenvalue weighted by molar-refractivity contribution is 5.93. The molecule has 0 aliphatic carbocycles. The van der Waals surface area contributed by atoms with Crippen LogP contribution in [0.2, 0.25) is 0 Å². The maximum Gasteiger partial charge on any atom is 0.431 e. The smallest absolute Gasteiger partial charge is 0.383 e. The number of nitrogens with zero attached hydrogens (tertiary/aromatic N) is 2. The Kier molecular flexibility index (Phi) is 6.01. The zero-order valence-electron chi connectivity index (χ0n) is 15.7. The number of aromatic amines is 2. The molecule has 2 N–H and O–H groups in total. The highest BCUT2D eigenvalue weighted by Crippen LogP contribution is 2.26. The van der Waals surface area contributed by atoms with E-state index in [1.165, 1.54) is 7.11 Å². The van der Waals surface area contributed by atoms with Gasteiger partial charge in [-0.05, 0) is 24.3 Å². The van der Waals surface area contributed by atoms with E-state index in [4.69, 9.17) is 4.74 Å². The summed E-state index contributed by atoms with van der Waals surface area (Å²) < 4.78 is 43.2. The number of hydrogen-bond donors (Lipinski definition) is 2. The predicted octanol–water partition coefficient (Wildman–Crippen LogP) is 1.92. The van der Waals surface area contributed by atoms with Gasteiger partial charge in [-0.25, -0.2) is 4.98 Å². The van der Waals surface area contributed by atoms with Crippen LogP contribution < -0.4 is 11.1 Å². The number of hydrogen-bond acceptors (Lipinski definition) is 5. The third kappa shape index (κ3) is 4.57. The van der Waals surface area contributed by atoms with Crippen molar-refractivity contribution in [2.75, 3.05) is 20.3 Å². The molecule has 0 fully saturated rings. The number of rotatable bonds is 6. The monoisotopic (exact) mass is 422 g/mol. The number of ether oxygens (including phenoxy) is 1. The molecule has 1 amide bonds. The fourth-order valence-corrected chi connectivity index (χ4v) is 2.82. The molecule has 30 heavy (non-hydrogen) atoms. The molecule has 0 aliphatic heterocycles. The van der Waals surface area contributed by atoms with Gasteiger partial charge in [0.2, 0.25) is 0 Å². The van der Waals surface area contributed by atoms with Crippen LogP contribution in [0.5, 0.6) is 0 Å². The third-order valence-corrected chi connectivity index (χ3v) is 4.30. The standard InChI is InChI=1S/C19H17F3N4O4/c1-30-9-8-26(10-15-23-13-5-3-2-4-11(13)16(27)25-15)18(29)12-6-7-14(19(20,21)22)24-17(12)28/h2-7H,8-10H2,1H3,(H,24,28)(H,23,25,27). The number of pyridine rings is 1. The van der Waals surface area contributed by atoms with Crippen molar-refractivity contribution in [1.82, 2.24) is 19.9 Å². The van der Waals surface area contributed by atoms with E-state index < -0.39 is 34.5 Å². The van der Waals surface area contributed by atoms with Gasteiger partial charge in [0, 0.05) is 13.7 Å². The number of nitrogens with one attached hydrogen (secondary N) is 2. The average molecular weight is 422 g/mol. The van der Waals surface area contributed by atoms with Crippen LogP contribution in [-0.2, 0) is 17.5 Å². The largest absolute Gasteiger partial charge is 0.431 e. The molecule has 8 nitrogen and oxygen atoms in total. The van der Waals surface area contributed by atoms with Crippen molar-refractivity contribution in [1.29, 1.82) is 0 Å². The van der Waals surface area contributed by atoms with Crippen molar-refractivity contribution in [3.8, 4) is 0 Å². The van der Waals surface area contributed by atoms with Crippen molar-refractivity contribution in [3.63, 3.8) is 0 Å². The first-order valence-corrected chi connectivity index (χ1v) is 8.77. The van der Waals surface area contributed by atoms with Gasteiger partial charge < -0.3 is 19.6 Å². The summed E-state index contributed by atoms with van der Waals surface area (Å²) in [5.74, 6) is -0.663. The molecule has 11 heteroatoms. The summed E-state index contributed by atoms with van der Waals surface area (Å²) in [5, 5.41) is 0.371. The molecule has 0 atom stereocenters. The number of aromatic nitrogens is 3. The Bertz CT molecular complexity index is 1190. The highest BCUT2D eigenvalue weighted by atomic mass is 19.4. The molecular weight excluding hydrogens is 405 g/mol. The second-order valence-electron chi connectivity index (χ2n) is 6.36. The molecule has 0 unspecified atom stereocenters. The van der Waals surface area contributed by atoms with E-state index in [-0.39, 0.29) is 25.5 Å². The maximum atomic E-state index is 12.8. The molecule has 0 saturated carbocycles. The lowest BCUT2D eigenvalue weighted by Crippen LogP contribution is -2.38. The summed E-state index contributed by atoms with van der Waals surface area (Å²) in [4.78, 5) is 46.9. The van der Waals surface area contributed by atoms with Crippen LogP contribution >= 0.6 is 0 Å². The van der Waals surface area contributed by atoms with Gasteiger partial charge >= 0.3 is 6.18 Å². The van der Waals surface area contributed by atoms with Crippen LogP contribution in [-0.4, -0.2) is 46.0 Å². The van der Waals surface area contributed by atoms with Crippen LogP contribution in [0.4, 0.5) is 13.2 Å². The Morgan fingerprint density at radius 2 is 1.83 bits per heavy atom.